The summed E-state index contributed by atoms with van der Waals surface area (Å²) in [6.07, 6.45) is 1.08. The summed E-state index contributed by atoms with van der Waals surface area (Å²) in [4.78, 5) is 14.8. The van der Waals surface area contributed by atoms with Crippen LogP contribution in [0.25, 0.3) is 11.3 Å². The number of likely N-dealkylation sites (tertiary alicyclic amines) is 1. The first-order valence-electron chi connectivity index (χ1n) is 7.96. The van der Waals surface area contributed by atoms with Gasteiger partial charge in [-0.05, 0) is 44.1 Å². The molecule has 0 saturated carbocycles. The summed E-state index contributed by atoms with van der Waals surface area (Å²) >= 11 is 3.59. The summed E-state index contributed by atoms with van der Waals surface area (Å²) in [5.41, 5.74) is 2.90. The summed E-state index contributed by atoms with van der Waals surface area (Å²) in [7, 11) is 3.93. The van der Waals surface area contributed by atoms with Crippen LogP contribution in [0.15, 0.2) is 40.9 Å². The quantitative estimate of drug-likeness (QED) is 0.890. The number of halogens is 1. The maximum absolute atomic E-state index is 12.8. The summed E-state index contributed by atoms with van der Waals surface area (Å²) in [5.74, 6) is 0.691. The van der Waals surface area contributed by atoms with Gasteiger partial charge in [0.15, 0.2) is 0 Å². The minimum Gasteiger partial charge on any atom is -0.340 e. The molecule has 0 spiro atoms. The van der Waals surface area contributed by atoms with Gasteiger partial charge in [0.25, 0.3) is 5.91 Å². The van der Waals surface area contributed by atoms with Crippen LogP contribution in [0.2, 0.25) is 0 Å². The molecule has 2 aromatic rings. The Morgan fingerprint density at radius 2 is 2.09 bits per heavy atom. The van der Waals surface area contributed by atoms with Crippen molar-refractivity contribution in [3.63, 3.8) is 0 Å². The first-order valence-corrected chi connectivity index (χ1v) is 8.75. The lowest BCUT2D eigenvalue weighted by Gasteiger charge is -2.17. The fourth-order valence-electron chi connectivity index (χ4n) is 3.30. The van der Waals surface area contributed by atoms with E-state index in [1.165, 1.54) is 0 Å². The molecule has 1 aliphatic heterocycles. The Morgan fingerprint density at radius 1 is 1.30 bits per heavy atom. The maximum Gasteiger partial charge on any atom is 0.270 e. The second-order valence-corrected chi connectivity index (χ2v) is 6.96. The number of hydrogen-bond donors (Lipinski definition) is 1. The van der Waals surface area contributed by atoms with Gasteiger partial charge in [-0.1, -0.05) is 34.1 Å². The Labute approximate surface area is 145 Å². The number of hydrogen-bond acceptors (Lipinski definition) is 2. The monoisotopic (exact) mass is 375 g/mol. The third-order valence-corrected chi connectivity index (χ3v) is 5.25. The first kappa shape index (κ1) is 16.3. The lowest BCUT2D eigenvalue weighted by molar-refractivity contribution is 0.0778. The topological polar surface area (TPSA) is 37.3 Å². The molecule has 1 aromatic heterocycles. The Hall–Kier alpha value is -1.59. The van der Waals surface area contributed by atoms with E-state index >= 15 is 0 Å². The third kappa shape index (κ3) is 3.21. The van der Waals surface area contributed by atoms with Gasteiger partial charge in [0.2, 0.25) is 0 Å². The van der Waals surface area contributed by atoms with Crippen molar-refractivity contribution in [2.45, 2.75) is 6.42 Å². The van der Waals surface area contributed by atoms with Gasteiger partial charge in [0.05, 0.1) is 0 Å². The number of carbonyl (C=O) groups excluding carboxylic acids is 1. The third-order valence-electron chi connectivity index (χ3n) is 4.56. The van der Waals surface area contributed by atoms with Gasteiger partial charge in [0, 0.05) is 35.9 Å². The van der Waals surface area contributed by atoms with E-state index < -0.39 is 0 Å². The van der Waals surface area contributed by atoms with Gasteiger partial charge in [-0.3, -0.25) is 4.79 Å². The largest absolute Gasteiger partial charge is 0.340 e. The molecule has 1 fully saturated rings. The standard InChI is InChI=1S/C18H22BrN3O/c1-20-11-13-9-10-22(12-13)18(23)17-8-7-16(21(17)2)14-5-3-4-6-15(14)19/h3-8,13,20H,9-12H2,1-2H3/t13-/m0/s1. The van der Waals surface area contributed by atoms with E-state index in [0.29, 0.717) is 5.92 Å². The Morgan fingerprint density at radius 3 is 2.83 bits per heavy atom. The molecule has 0 radical (unpaired) electrons. The Bertz CT molecular complexity index is 710. The van der Waals surface area contributed by atoms with Crippen LogP contribution in [0, 0.1) is 5.92 Å². The molecule has 5 heteroatoms. The second-order valence-electron chi connectivity index (χ2n) is 6.11. The molecule has 0 bridgehead atoms. The number of nitrogens with zero attached hydrogens (tertiary/aromatic N) is 2. The van der Waals surface area contributed by atoms with E-state index in [9.17, 15) is 4.79 Å². The SMILES string of the molecule is CNC[C@@H]1CCN(C(=O)c2ccc(-c3ccccc3Br)n2C)C1. The molecule has 0 aliphatic carbocycles. The number of carbonyl (C=O) groups is 1. The van der Waals surface area contributed by atoms with Crippen molar-refractivity contribution >= 4 is 21.8 Å². The van der Waals surface area contributed by atoms with Gasteiger partial charge < -0.3 is 14.8 Å². The van der Waals surface area contributed by atoms with Crippen molar-refractivity contribution < 1.29 is 4.79 Å². The summed E-state index contributed by atoms with van der Waals surface area (Å²) in [6.45, 7) is 2.66. The van der Waals surface area contributed by atoms with Crippen molar-refractivity contribution in [1.82, 2.24) is 14.8 Å². The molecule has 2 heterocycles. The molecule has 122 valence electrons. The molecular weight excluding hydrogens is 354 g/mol. The summed E-state index contributed by atoms with van der Waals surface area (Å²) in [6, 6.07) is 12.0. The van der Waals surface area contributed by atoms with Crippen LogP contribution < -0.4 is 5.32 Å². The molecule has 1 atom stereocenters. The molecule has 3 rings (SSSR count). The summed E-state index contributed by atoms with van der Waals surface area (Å²) < 4.78 is 3.03. The normalized spacial score (nSPS) is 17.7. The minimum absolute atomic E-state index is 0.129. The van der Waals surface area contributed by atoms with E-state index in [1.807, 2.05) is 53.9 Å². The van der Waals surface area contributed by atoms with Crippen LogP contribution in [-0.2, 0) is 7.05 Å². The van der Waals surface area contributed by atoms with Crippen LogP contribution >= 0.6 is 15.9 Å². The fourth-order valence-corrected chi connectivity index (χ4v) is 3.79. The van der Waals surface area contributed by atoms with Crippen molar-refractivity contribution in [3.05, 3.63) is 46.6 Å². The smallest absolute Gasteiger partial charge is 0.270 e. The molecule has 23 heavy (non-hydrogen) atoms. The fraction of sp³-hybridized carbons (Fsp3) is 0.389. The van der Waals surface area contributed by atoms with Gasteiger partial charge in [-0.15, -0.1) is 0 Å². The van der Waals surface area contributed by atoms with E-state index in [4.69, 9.17) is 0 Å². The van der Waals surface area contributed by atoms with Gasteiger partial charge in [0.1, 0.15) is 5.69 Å². The van der Waals surface area contributed by atoms with Gasteiger partial charge in [-0.25, -0.2) is 0 Å². The molecule has 1 N–H and O–H groups in total. The van der Waals surface area contributed by atoms with Crippen LogP contribution in [0.3, 0.4) is 0 Å². The zero-order chi connectivity index (χ0) is 16.4. The molecule has 1 amide bonds. The van der Waals surface area contributed by atoms with Crippen LogP contribution in [0.5, 0.6) is 0 Å². The Balaban J connectivity index is 1.82. The number of amides is 1. The van der Waals surface area contributed by atoms with Crippen molar-refractivity contribution in [3.8, 4) is 11.3 Å². The molecule has 1 saturated heterocycles. The molecule has 1 aliphatic rings. The Kier molecular flexibility index (Phi) is 4.87. The average molecular weight is 376 g/mol. The summed E-state index contributed by atoms with van der Waals surface area (Å²) in [5, 5.41) is 3.20. The highest BCUT2D eigenvalue weighted by Gasteiger charge is 2.28. The van der Waals surface area contributed by atoms with E-state index in [1.54, 1.807) is 0 Å². The zero-order valence-corrected chi connectivity index (χ0v) is 15.1. The first-order chi connectivity index (χ1) is 11.1. The number of benzene rings is 1. The molecule has 0 unspecified atom stereocenters. The van der Waals surface area contributed by atoms with E-state index in [0.717, 1.165) is 47.5 Å². The van der Waals surface area contributed by atoms with Crippen LogP contribution in [-0.4, -0.2) is 42.1 Å². The lowest BCUT2D eigenvalue weighted by Crippen LogP contribution is -2.31. The number of nitrogens with one attached hydrogen (secondary N) is 1. The lowest BCUT2D eigenvalue weighted by atomic mass is 10.1. The van der Waals surface area contributed by atoms with Crippen molar-refractivity contribution in [2.75, 3.05) is 26.7 Å². The maximum atomic E-state index is 12.8. The van der Waals surface area contributed by atoms with E-state index in [-0.39, 0.29) is 5.91 Å². The minimum atomic E-state index is 0.129. The zero-order valence-electron chi connectivity index (χ0n) is 13.6. The van der Waals surface area contributed by atoms with Gasteiger partial charge >= 0.3 is 0 Å². The molecular formula is C18H22BrN3O. The average Bonchev–Trinajstić information content (AvgIpc) is 3.15. The van der Waals surface area contributed by atoms with E-state index in [2.05, 4.69) is 27.3 Å². The van der Waals surface area contributed by atoms with Crippen LogP contribution in [0.1, 0.15) is 16.9 Å². The van der Waals surface area contributed by atoms with Crippen LogP contribution in [0.4, 0.5) is 0 Å². The highest BCUT2D eigenvalue weighted by Crippen LogP contribution is 2.29. The number of aromatic nitrogens is 1. The molecule has 4 nitrogen and oxygen atoms in total. The van der Waals surface area contributed by atoms with Gasteiger partial charge in [-0.2, -0.15) is 0 Å². The van der Waals surface area contributed by atoms with Crippen molar-refractivity contribution in [2.24, 2.45) is 13.0 Å². The second kappa shape index (κ2) is 6.89. The van der Waals surface area contributed by atoms with Crippen molar-refractivity contribution in [1.29, 1.82) is 0 Å². The molecule has 1 aromatic carbocycles. The highest BCUT2D eigenvalue weighted by atomic mass is 79.9. The highest BCUT2D eigenvalue weighted by molar-refractivity contribution is 9.10. The predicted molar refractivity (Wildman–Crippen MR) is 96.5 cm³/mol. The predicted octanol–water partition coefficient (Wildman–Crippen LogP) is 3.14. The number of rotatable bonds is 4.